The number of benzene rings is 1. The third kappa shape index (κ3) is 3.66. The quantitative estimate of drug-likeness (QED) is 0.735. The number of ether oxygens (including phenoxy) is 1. The normalized spacial score (nSPS) is 10.5. The van der Waals surface area contributed by atoms with Gasteiger partial charge in [0.2, 0.25) is 0 Å². The Morgan fingerprint density at radius 2 is 2.31 bits per heavy atom. The van der Waals surface area contributed by atoms with E-state index in [0.717, 1.165) is 12.3 Å². The monoisotopic (exact) mass is 198 g/mol. The second-order valence-corrected chi connectivity index (χ2v) is 3.42. The molecule has 0 N–H and O–H groups in total. The summed E-state index contributed by atoms with van der Waals surface area (Å²) >= 11 is 5.87. The molecule has 0 aliphatic carbocycles. The Hall–Kier alpha value is -0.730. The van der Waals surface area contributed by atoms with Crippen LogP contribution in [0.2, 0.25) is 5.02 Å². The average molecular weight is 199 g/mol. The van der Waals surface area contributed by atoms with E-state index >= 15 is 0 Å². The summed E-state index contributed by atoms with van der Waals surface area (Å²) in [5.41, 5.74) is 0. The molecule has 0 aromatic heterocycles. The van der Waals surface area contributed by atoms with Gasteiger partial charge in [0.1, 0.15) is 12.4 Å². The van der Waals surface area contributed by atoms with Crippen LogP contribution in [-0.2, 0) is 0 Å². The summed E-state index contributed by atoms with van der Waals surface area (Å²) < 4.78 is 5.45. The van der Waals surface area contributed by atoms with E-state index in [1.165, 1.54) is 0 Å². The minimum absolute atomic E-state index is 0.612. The van der Waals surface area contributed by atoms with Gasteiger partial charge in [-0.25, -0.2) is 0 Å². The van der Waals surface area contributed by atoms with Gasteiger partial charge in [-0.2, -0.15) is 0 Å². The number of likely N-dealkylation sites (N-methyl/N-ethyl adjacent to an activating group) is 1. The van der Waals surface area contributed by atoms with E-state index in [0.29, 0.717) is 11.6 Å². The van der Waals surface area contributed by atoms with Crippen LogP contribution in [0, 0.1) is 6.07 Å². The number of hydrogen-bond acceptors (Lipinski definition) is 2. The van der Waals surface area contributed by atoms with E-state index in [-0.39, 0.29) is 0 Å². The summed E-state index contributed by atoms with van der Waals surface area (Å²) in [4.78, 5) is 2.06. The van der Waals surface area contributed by atoms with Gasteiger partial charge in [-0.05, 0) is 32.3 Å². The molecule has 1 rings (SSSR count). The number of nitrogens with zero attached hydrogens (tertiary/aromatic N) is 1. The smallest absolute Gasteiger partial charge is 0.137 e. The van der Waals surface area contributed by atoms with Crippen LogP contribution in [0.25, 0.3) is 0 Å². The van der Waals surface area contributed by atoms with Crippen LogP contribution in [-0.4, -0.2) is 32.1 Å². The highest BCUT2D eigenvalue weighted by molar-refractivity contribution is 6.32. The van der Waals surface area contributed by atoms with Gasteiger partial charge in [-0.1, -0.05) is 17.7 Å². The Balaban J connectivity index is 2.41. The molecule has 0 bridgehead atoms. The minimum atomic E-state index is 0.612. The Morgan fingerprint density at radius 1 is 1.54 bits per heavy atom. The molecule has 0 unspecified atom stereocenters. The van der Waals surface area contributed by atoms with Gasteiger partial charge in [0.15, 0.2) is 0 Å². The van der Waals surface area contributed by atoms with Crippen molar-refractivity contribution < 1.29 is 4.74 Å². The highest BCUT2D eigenvalue weighted by atomic mass is 35.5. The van der Waals surface area contributed by atoms with Gasteiger partial charge in [-0.3, -0.25) is 0 Å². The molecule has 71 valence electrons. The molecule has 0 saturated heterocycles. The van der Waals surface area contributed by atoms with Crippen LogP contribution in [0.3, 0.4) is 0 Å². The van der Waals surface area contributed by atoms with Crippen LogP contribution in [0.4, 0.5) is 0 Å². The van der Waals surface area contributed by atoms with Crippen molar-refractivity contribution in [3.05, 3.63) is 29.3 Å². The van der Waals surface area contributed by atoms with Crippen LogP contribution in [0.1, 0.15) is 0 Å². The molecule has 0 spiro atoms. The molecule has 1 radical (unpaired) electrons. The van der Waals surface area contributed by atoms with Crippen LogP contribution in [0.5, 0.6) is 5.75 Å². The first-order valence-electron chi connectivity index (χ1n) is 4.13. The predicted molar refractivity (Wildman–Crippen MR) is 54.3 cm³/mol. The predicted octanol–water partition coefficient (Wildman–Crippen LogP) is 2.08. The van der Waals surface area contributed by atoms with Gasteiger partial charge in [0, 0.05) is 6.54 Å². The zero-order valence-corrected chi connectivity index (χ0v) is 8.64. The third-order valence-corrected chi connectivity index (χ3v) is 1.87. The van der Waals surface area contributed by atoms with Crippen molar-refractivity contribution in [3.8, 4) is 5.75 Å². The maximum Gasteiger partial charge on any atom is 0.137 e. The summed E-state index contributed by atoms with van der Waals surface area (Å²) in [7, 11) is 4.01. The van der Waals surface area contributed by atoms with Crippen molar-refractivity contribution in [1.82, 2.24) is 4.90 Å². The van der Waals surface area contributed by atoms with Crippen molar-refractivity contribution in [2.24, 2.45) is 0 Å². The summed E-state index contributed by atoms with van der Waals surface area (Å²) in [5, 5.41) is 0.612. The van der Waals surface area contributed by atoms with Gasteiger partial charge in [0.25, 0.3) is 0 Å². The summed E-state index contributed by atoms with van der Waals surface area (Å²) in [6, 6.07) is 8.18. The van der Waals surface area contributed by atoms with Gasteiger partial charge in [-0.15, -0.1) is 0 Å². The molecule has 1 aromatic carbocycles. The lowest BCUT2D eigenvalue weighted by atomic mass is 10.3. The fraction of sp³-hybridized carbons (Fsp3) is 0.400. The summed E-state index contributed by atoms with van der Waals surface area (Å²) in [6.45, 7) is 1.53. The van der Waals surface area contributed by atoms with E-state index in [2.05, 4.69) is 11.0 Å². The van der Waals surface area contributed by atoms with Crippen molar-refractivity contribution in [2.45, 2.75) is 0 Å². The van der Waals surface area contributed by atoms with Gasteiger partial charge >= 0.3 is 0 Å². The van der Waals surface area contributed by atoms with E-state index in [1.807, 2.05) is 20.2 Å². The molecule has 0 amide bonds. The largest absolute Gasteiger partial charge is 0.491 e. The first kappa shape index (κ1) is 10.4. The highest BCUT2D eigenvalue weighted by Gasteiger charge is 1.99. The topological polar surface area (TPSA) is 12.5 Å². The average Bonchev–Trinajstić information content (AvgIpc) is 2.08. The molecule has 0 aliphatic heterocycles. The molecular weight excluding hydrogens is 186 g/mol. The fourth-order valence-corrected chi connectivity index (χ4v) is 1.03. The molecule has 0 heterocycles. The van der Waals surface area contributed by atoms with Gasteiger partial charge in [0.05, 0.1) is 5.02 Å². The highest BCUT2D eigenvalue weighted by Crippen LogP contribution is 2.22. The number of hydrogen-bond donors (Lipinski definition) is 0. The molecule has 0 aliphatic rings. The van der Waals surface area contributed by atoms with Crippen molar-refractivity contribution in [3.63, 3.8) is 0 Å². The lowest BCUT2D eigenvalue weighted by Gasteiger charge is -2.11. The van der Waals surface area contributed by atoms with E-state index < -0.39 is 0 Å². The second-order valence-electron chi connectivity index (χ2n) is 3.01. The Morgan fingerprint density at radius 3 is 2.92 bits per heavy atom. The maximum absolute atomic E-state index is 5.87. The van der Waals surface area contributed by atoms with Crippen LogP contribution >= 0.6 is 11.6 Å². The standard InChI is InChI=1S/C10H13ClNO/c1-12(2)7-8-13-10-6-4-3-5-9(10)11/h4-6H,7-8H2,1-2H3. The summed E-state index contributed by atoms with van der Waals surface area (Å²) in [5.74, 6) is 0.724. The molecular formula is C10H13ClNO. The third-order valence-electron chi connectivity index (χ3n) is 1.57. The van der Waals surface area contributed by atoms with E-state index in [9.17, 15) is 0 Å². The van der Waals surface area contributed by atoms with Crippen LogP contribution in [0.15, 0.2) is 18.2 Å². The van der Waals surface area contributed by atoms with Crippen molar-refractivity contribution in [2.75, 3.05) is 27.2 Å². The second kappa shape index (κ2) is 5.10. The fourth-order valence-electron chi connectivity index (χ4n) is 0.851. The SMILES string of the molecule is CN(C)CCOc1cc[c]cc1Cl. The zero-order valence-electron chi connectivity index (χ0n) is 7.88. The molecule has 13 heavy (non-hydrogen) atoms. The van der Waals surface area contributed by atoms with Gasteiger partial charge < -0.3 is 9.64 Å². The molecule has 0 atom stereocenters. The van der Waals surface area contributed by atoms with Crippen molar-refractivity contribution >= 4 is 11.6 Å². The van der Waals surface area contributed by atoms with Crippen molar-refractivity contribution in [1.29, 1.82) is 0 Å². The molecule has 2 nitrogen and oxygen atoms in total. The Labute approximate surface area is 84.1 Å². The van der Waals surface area contributed by atoms with Crippen LogP contribution < -0.4 is 4.74 Å². The molecule has 0 saturated carbocycles. The Bertz CT molecular complexity index is 263. The molecule has 0 fully saturated rings. The first-order valence-corrected chi connectivity index (χ1v) is 4.51. The minimum Gasteiger partial charge on any atom is -0.491 e. The Kier molecular flexibility index (Phi) is 4.06. The molecule has 3 heteroatoms. The van der Waals surface area contributed by atoms with E-state index in [1.54, 1.807) is 12.1 Å². The number of rotatable bonds is 4. The zero-order chi connectivity index (χ0) is 9.68. The van der Waals surface area contributed by atoms with E-state index in [4.69, 9.17) is 16.3 Å². The summed E-state index contributed by atoms with van der Waals surface area (Å²) in [6.07, 6.45) is 0. The maximum atomic E-state index is 5.87. The molecule has 1 aromatic rings. The first-order chi connectivity index (χ1) is 6.20. The number of halogens is 1. The lowest BCUT2D eigenvalue weighted by Crippen LogP contribution is -2.19. The lowest BCUT2D eigenvalue weighted by molar-refractivity contribution is 0.261.